The molecule has 0 fully saturated rings. The van der Waals surface area contributed by atoms with Gasteiger partial charge in [0.15, 0.2) is 19.9 Å². The Bertz CT molecular complexity index is 667. The summed E-state index contributed by atoms with van der Waals surface area (Å²) in [7, 11) is 0. The molecular weight excluding hydrogens is 1280 g/mol. The van der Waals surface area contributed by atoms with Crippen LogP contribution in [0, 0.1) is 0 Å². The summed E-state index contributed by atoms with van der Waals surface area (Å²) in [6.07, 6.45) is 22.6. The van der Waals surface area contributed by atoms with E-state index >= 15 is 0 Å². The molecular formula is C79H207N13O5S2. The Morgan fingerprint density at radius 3 is 0.909 bits per heavy atom. The monoisotopic (exact) mass is 1480 g/mol. The molecule has 0 aromatic carbocycles. The minimum Gasteiger partial charge on any atom is -0.501 e. The molecule has 0 aromatic heterocycles. The minimum absolute atomic E-state index is 0.278. The van der Waals surface area contributed by atoms with Gasteiger partial charge in [-0.25, -0.2) is 10.4 Å². The van der Waals surface area contributed by atoms with Crippen LogP contribution in [0.25, 0.3) is 0 Å². The van der Waals surface area contributed by atoms with E-state index in [1.807, 2.05) is 392 Å². The van der Waals surface area contributed by atoms with Gasteiger partial charge in [-0.1, -0.05) is 414 Å². The summed E-state index contributed by atoms with van der Waals surface area (Å²) in [6, 6.07) is 0. The lowest BCUT2D eigenvalue weighted by molar-refractivity contribution is 0.0595. The first-order valence-electron chi connectivity index (χ1n) is 41.1. The number of thioether (sulfide) groups is 2. The van der Waals surface area contributed by atoms with E-state index in [4.69, 9.17) is 4.74 Å². The third-order valence-electron chi connectivity index (χ3n) is 4.40. The van der Waals surface area contributed by atoms with E-state index < -0.39 is 0 Å². The van der Waals surface area contributed by atoms with Crippen LogP contribution in [0.15, 0.2) is 71.7 Å². The Morgan fingerprint density at radius 2 is 0.818 bits per heavy atom. The van der Waals surface area contributed by atoms with Crippen LogP contribution in [0.4, 0.5) is 0 Å². The molecule has 0 saturated carbocycles. The summed E-state index contributed by atoms with van der Waals surface area (Å²) in [5.74, 6) is 2.25. The lowest BCUT2D eigenvalue weighted by Crippen LogP contribution is -2.22. The molecule has 630 valence electrons. The van der Waals surface area contributed by atoms with Crippen molar-refractivity contribution in [3.63, 3.8) is 0 Å². The fourth-order valence-corrected chi connectivity index (χ4v) is 3.51. The van der Waals surface area contributed by atoms with Crippen molar-refractivity contribution in [1.82, 2.24) is 32.6 Å². The molecule has 0 radical (unpaired) electrons. The van der Waals surface area contributed by atoms with Gasteiger partial charge in [0.2, 0.25) is 6.40 Å². The molecule has 8 heterocycles. The topological polar surface area (TPSA) is 205 Å². The standard InChI is InChI=1S/C5H8.C4H6O.C4H6S.2C2H5N3.2C2H4N2O.C2H4N2S.C2H3NO2.27C2H6/c3*1-2-4-5-3-1;1-3-2-5-4-1;1-2-4-5-3-1;1-3-4-2-5-1;1-3-2-5-4-1;1-3-4-2-5-1;1-3-5-2-4-1;27*1-2/h1-2H,3-5H2;2*1,3H,2,4H2;1,5H,2H2,(H,3,4);1-2H2,(H,3,4);1,4H,2H2;1H,2H2,(H,3,4);1,4H,2H2;1H,2H2;27*1-2H3. The van der Waals surface area contributed by atoms with Gasteiger partial charge in [-0.15, -0.1) is 16.9 Å². The quantitative estimate of drug-likeness (QED) is 0.125. The van der Waals surface area contributed by atoms with E-state index in [1.165, 1.54) is 50.6 Å². The number of hydrogen-bond donors (Lipinski definition) is 6. The molecule has 0 spiro atoms. The zero-order chi connectivity index (χ0) is 85.8. The van der Waals surface area contributed by atoms with E-state index in [0.29, 0.717) is 20.1 Å². The van der Waals surface area contributed by atoms with Crippen molar-refractivity contribution in [2.75, 3.05) is 58.2 Å². The summed E-state index contributed by atoms with van der Waals surface area (Å²) < 4.78 is 13.7. The number of nitrogens with one attached hydrogen (secondary N) is 6. The fraction of sp³-hybridized carbons (Fsp3) is 0.861. The highest BCUT2D eigenvalue weighted by molar-refractivity contribution is 8.12. The average Bonchev–Trinajstić information content (AvgIpc) is 4.61. The first-order valence-corrected chi connectivity index (χ1v) is 43.2. The second kappa shape index (κ2) is 484. The van der Waals surface area contributed by atoms with Crippen molar-refractivity contribution in [1.29, 1.82) is 0 Å². The van der Waals surface area contributed by atoms with Gasteiger partial charge >= 0.3 is 0 Å². The van der Waals surface area contributed by atoms with Crippen molar-refractivity contribution in [2.24, 2.45) is 35.7 Å². The fourth-order valence-electron chi connectivity index (χ4n) is 2.46. The number of aliphatic imine (C=N–C) groups is 2. The number of nitrogens with zero attached hydrogens (tertiary/aromatic N) is 7. The van der Waals surface area contributed by atoms with Gasteiger partial charge in [-0.05, 0) is 37.2 Å². The van der Waals surface area contributed by atoms with Crippen molar-refractivity contribution in [3.05, 3.63) is 36.0 Å². The zero-order valence-electron chi connectivity index (χ0n) is 79.2. The van der Waals surface area contributed by atoms with Crippen LogP contribution >= 0.6 is 23.5 Å². The average molecular weight is 1480 g/mol. The molecule has 0 atom stereocenters. The molecule has 1 aliphatic carbocycles. The maximum Gasteiger partial charge on any atom is 0.257 e. The highest BCUT2D eigenvalue weighted by Gasteiger charge is 1.87. The number of hydrazone groups is 2. The van der Waals surface area contributed by atoms with Gasteiger partial charge in [0.05, 0.1) is 43.7 Å². The maximum atomic E-state index is 4.76. The molecule has 8 aliphatic heterocycles. The van der Waals surface area contributed by atoms with E-state index in [1.54, 1.807) is 29.9 Å². The molecule has 6 N–H and O–H groups in total. The van der Waals surface area contributed by atoms with Gasteiger partial charge in [0.1, 0.15) is 13.0 Å². The molecule has 0 aromatic rings. The molecule has 0 bridgehead atoms. The number of rotatable bonds is 0. The SMILES string of the molecule is C1=CCCC1.C1=COCC1.C1=CSCC1.C1=NCNN1.C1=NCON1.C1=NNCO1.C1=NNCS1.C1=NOCO1.C1CNN=N1.CC.CC.CC.CC.CC.CC.CC.CC.CC.CC.CC.CC.CC.CC.CC.CC.CC.CC.CC.CC.CC.CC.CC.CC.CC.CC.CC. The van der Waals surface area contributed by atoms with Crippen molar-refractivity contribution < 1.29 is 23.9 Å². The Labute approximate surface area is 643 Å². The highest BCUT2D eigenvalue weighted by atomic mass is 32.2. The Morgan fingerprint density at radius 1 is 0.384 bits per heavy atom. The second-order valence-electron chi connectivity index (χ2n) is 7.86. The number of hydrogen-bond acceptors (Lipinski definition) is 20. The number of hydroxylamine groups is 1. The number of allylic oxidation sites excluding steroid dienone is 3. The molecule has 0 unspecified atom stereocenters. The lowest BCUT2D eigenvalue weighted by Gasteiger charge is -1.80. The van der Waals surface area contributed by atoms with Crippen LogP contribution < -0.4 is 32.6 Å². The Kier molecular flexibility index (Phi) is 887. The zero-order valence-corrected chi connectivity index (χ0v) is 80.9. The minimum atomic E-state index is 0.278. The van der Waals surface area contributed by atoms with E-state index in [0.717, 1.165) is 32.0 Å². The summed E-state index contributed by atoms with van der Waals surface area (Å²) in [6.45, 7) is 113. The maximum absolute atomic E-state index is 4.76. The molecule has 20 heteroatoms. The van der Waals surface area contributed by atoms with Gasteiger partial charge in [-0.2, -0.15) is 10.2 Å². The highest BCUT2D eigenvalue weighted by Crippen LogP contribution is 2.11. The Hall–Kier alpha value is -4.01. The van der Waals surface area contributed by atoms with E-state index in [2.05, 4.69) is 111 Å². The lowest BCUT2D eigenvalue weighted by atomic mass is 10.4. The summed E-state index contributed by atoms with van der Waals surface area (Å²) in [5.41, 5.74) is 17.7. The predicted octanol–water partition coefficient (Wildman–Crippen LogP) is 30.2. The first-order chi connectivity index (χ1) is 49.5. The molecule has 99 heavy (non-hydrogen) atoms. The van der Waals surface area contributed by atoms with Crippen LogP contribution in [-0.2, 0) is 23.9 Å². The van der Waals surface area contributed by atoms with Crippen LogP contribution in [0.1, 0.15) is 406 Å². The van der Waals surface area contributed by atoms with Gasteiger partial charge in [-0.3, -0.25) is 31.6 Å². The van der Waals surface area contributed by atoms with E-state index in [9.17, 15) is 0 Å². The van der Waals surface area contributed by atoms with Crippen molar-refractivity contribution in [2.45, 2.75) is 406 Å². The molecule has 0 amide bonds. The number of ether oxygens (including phenoxy) is 3. The summed E-state index contributed by atoms with van der Waals surface area (Å²) >= 11 is 3.56. The van der Waals surface area contributed by atoms with Gasteiger partial charge in [0.25, 0.3) is 6.79 Å². The Balaban J connectivity index is -0.0000000218. The molecule has 18 nitrogen and oxygen atoms in total. The van der Waals surface area contributed by atoms with E-state index in [-0.39, 0.29) is 6.79 Å². The predicted molar refractivity (Wildman–Crippen MR) is 487 cm³/mol. The van der Waals surface area contributed by atoms with Crippen LogP contribution in [0.5, 0.6) is 0 Å². The third-order valence-corrected chi connectivity index (χ3v) is 5.81. The largest absolute Gasteiger partial charge is 0.501 e. The molecule has 9 rings (SSSR count). The molecule has 0 saturated heterocycles. The van der Waals surface area contributed by atoms with Crippen molar-refractivity contribution in [3.8, 4) is 0 Å². The van der Waals surface area contributed by atoms with Gasteiger partial charge in [0, 0.05) is 12.2 Å². The second-order valence-corrected chi connectivity index (χ2v) is 9.71. The van der Waals surface area contributed by atoms with Gasteiger partial charge < -0.3 is 24.5 Å². The number of hydrazine groups is 1. The molecule has 9 aliphatic rings. The van der Waals surface area contributed by atoms with Crippen LogP contribution in [-0.4, -0.2) is 89.3 Å². The first kappa shape index (κ1) is 182. The number of oxime groups is 1. The summed E-state index contributed by atoms with van der Waals surface area (Å²) in [4.78, 5) is 16.1. The van der Waals surface area contributed by atoms with Crippen LogP contribution in [0.3, 0.4) is 0 Å². The third kappa shape index (κ3) is 473. The summed E-state index contributed by atoms with van der Waals surface area (Å²) in [5, 5.41) is 19.6. The van der Waals surface area contributed by atoms with Crippen LogP contribution in [0.2, 0.25) is 0 Å². The normalized spacial score (nSPS) is 10.4. The smallest absolute Gasteiger partial charge is 0.257 e. The van der Waals surface area contributed by atoms with Crippen molar-refractivity contribution >= 4 is 54.5 Å².